The number of hydrogen-bond acceptors (Lipinski definition) is 3. The van der Waals surface area contributed by atoms with Crippen molar-refractivity contribution in [3.63, 3.8) is 0 Å². The Labute approximate surface area is 259 Å². The number of hydrogen-bond donors (Lipinski definition) is 0. The van der Waals surface area contributed by atoms with E-state index in [1.165, 1.54) is 63.6 Å². The Morgan fingerprint density at radius 1 is 0.432 bits per heavy atom. The number of aromatic nitrogens is 1. The smallest absolute Gasteiger partial charge is 0.0824 e. The summed E-state index contributed by atoms with van der Waals surface area (Å²) in [4.78, 5) is 7.13. The van der Waals surface area contributed by atoms with Crippen molar-refractivity contribution < 1.29 is 0 Å². The maximum absolute atomic E-state index is 4.77. The van der Waals surface area contributed by atoms with Crippen molar-refractivity contribution in [1.29, 1.82) is 0 Å². The quantitative estimate of drug-likeness (QED) is 0.193. The molecule has 44 heavy (non-hydrogen) atoms. The molecule has 0 bridgehead atoms. The third-order valence-electron chi connectivity index (χ3n) is 8.72. The summed E-state index contributed by atoms with van der Waals surface area (Å²) >= 11 is 1.83. The van der Waals surface area contributed by atoms with Gasteiger partial charge in [-0.3, -0.25) is 4.98 Å². The lowest BCUT2D eigenvalue weighted by atomic mass is 9.96. The highest BCUT2D eigenvalue weighted by atomic mass is 32.1. The summed E-state index contributed by atoms with van der Waals surface area (Å²) in [5, 5.41) is 10.0. The van der Waals surface area contributed by atoms with Gasteiger partial charge in [0.25, 0.3) is 0 Å². The number of rotatable bonds is 4. The summed E-state index contributed by atoms with van der Waals surface area (Å²) in [5.41, 5.74) is 5.70. The van der Waals surface area contributed by atoms with Gasteiger partial charge >= 0.3 is 0 Å². The summed E-state index contributed by atoms with van der Waals surface area (Å²) in [6.07, 6.45) is 4.02. The average Bonchev–Trinajstić information content (AvgIpc) is 3.48. The molecule has 0 atom stereocenters. The third kappa shape index (κ3) is 3.98. The number of fused-ring (bicyclic) bond motifs is 8. The van der Waals surface area contributed by atoms with Gasteiger partial charge in [-0.2, -0.15) is 0 Å². The fraction of sp³-hybridized carbons (Fsp3) is 0. The fourth-order valence-electron chi connectivity index (χ4n) is 6.60. The van der Waals surface area contributed by atoms with Crippen LogP contribution in [0.25, 0.3) is 63.6 Å². The second kappa shape index (κ2) is 10.0. The van der Waals surface area contributed by atoms with E-state index >= 15 is 0 Å². The number of anilines is 3. The largest absolute Gasteiger partial charge is 0.308 e. The topological polar surface area (TPSA) is 16.1 Å². The minimum absolute atomic E-state index is 1.09. The van der Waals surface area contributed by atoms with E-state index in [1.807, 2.05) is 23.7 Å². The summed E-state index contributed by atoms with van der Waals surface area (Å²) in [7, 11) is 0. The summed E-state index contributed by atoms with van der Waals surface area (Å²) in [6.45, 7) is 0. The molecule has 7 aromatic carbocycles. The molecule has 0 aliphatic heterocycles. The Morgan fingerprint density at radius 2 is 1.07 bits per heavy atom. The predicted octanol–water partition coefficient (Wildman–Crippen LogP) is 12.0. The first kappa shape index (κ1) is 25.0. The molecule has 2 aromatic heterocycles. The Bertz CT molecular complexity index is 2490. The van der Waals surface area contributed by atoms with Crippen LogP contribution in [0.5, 0.6) is 0 Å². The van der Waals surface area contributed by atoms with Gasteiger partial charge in [0.15, 0.2) is 0 Å². The molecule has 0 N–H and O–H groups in total. The first-order chi connectivity index (χ1) is 21.8. The van der Waals surface area contributed by atoms with Gasteiger partial charge < -0.3 is 4.90 Å². The van der Waals surface area contributed by atoms with Crippen molar-refractivity contribution in [2.24, 2.45) is 0 Å². The Balaban J connectivity index is 1.26. The van der Waals surface area contributed by atoms with Crippen molar-refractivity contribution in [2.45, 2.75) is 0 Å². The molecule has 9 aromatic rings. The van der Waals surface area contributed by atoms with E-state index in [0.717, 1.165) is 17.1 Å². The minimum Gasteiger partial charge on any atom is -0.308 e. The van der Waals surface area contributed by atoms with Crippen LogP contribution in [0.15, 0.2) is 158 Å². The number of nitrogens with zero attached hydrogens (tertiary/aromatic N) is 2. The van der Waals surface area contributed by atoms with E-state index in [1.54, 1.807) is 0 Å². The van der Waals surface area contributed by atoms with E-state index in [2.05, 4.69) is 150 Å². The molecular weight excluding hydrogens is 553 g/mol. The third-order valence-corrected chi connectivity index (χ3v) is 9.93. The van der Waals surface area contributed by atoms with E-state index < -0.39 is 0 Å². The van der Waals surface area contributed by atoms with Gasteiger partial charge in [-0.05, 0) is 73.8 Å². The summed E-state index contributed by atoms with van der Waals surface area (Å²) in [5.74, 6) is 0. The lowest BCUT2D eigenvalue weighted by Crippen LogP contribution is -2.10. The fourth-order valence-corrected chi connectivity index (χ4v) is 7.78. The van der Waals surface area contributed by atoms with E-state index in [4.69, 9.17) is 4.98 Å². The van der Waals surface area contributed by atoms with Crippen LogP contribution in [-0.2, 0) is 0 Å². The maximum atomic E-state index is 4.77. The van der Waals surface area contributed by atoms with Crippen LogP contribution in [0.4, 0.5) is 17.1 Å². The lowest BCUT2D eigenvalue weighted by molar-refractivity contribution is 1.26. The predicted molar refractivity (Wildman–Crippen MR) is 190 cm³/mol. The molecule has 0 saturated carbocycles. The van der Waals surface area contributed by atoms with Crippen LogP contribution in [0, 0.1) is 0 Å². The monoisotopic (exact) mass is 578 g/mol. The van der Waals surface area contributed by atoms with Crippen LogP contribution in [-0.4, -0.2) is 4.98 Å². The molecular formula is C41H26N2S. The van der Waals surface area contributed by atoms with Crippen LogP contribution in [0.1, 0.15) is 0 Å². The standard InChI is InChI=1S/C41H26N2S/c1-2-8-27(9-3-1)28-14-18-31(19-15-28)43(39-26-42-25-38-37-12-6-7-13-40(37)44-41(38)39)32-20-23-34-30(24-32)17-22-35-33-11-5-4-10-29(33)16-21-36(34)35/h1-26H. The Morgan fingerprint density at radius 3 is 1.91 bits per heavy atom. The highest BCUT2D eigenvalue weighted by Crippen LogP contribution is 2.45. The van der Waals surface area contributed by atoms with Gasteiger partial charge in [0.05, 0.1) is 16.6 Å². The molecule has 206 valence electrons. The van der Waals surface area contributed by atoms with Gasteiger partial charge in [-0.15, -0.1) is 11.3 Å². The van der Waals surface area contributed by atoms with Crippen molar-refractivity contribution in [2.75, 3.05) is 4.90 Å². The summed E-state index contributed by atoms with van der Waals surface area (Å²) in [6, 6.07) is 52.6. The van der Waals surface area contributed by atoms with Crippen LogP contribution in [0.3, 0.4) is 0 Å². The van der Waals surface area contributed by atoms with E-state index in [-0.39, 0.29) is 0 Å². The molecule has 9 rings (SSSR count). The van der Waals surface area contributed by atoms with Crippen LogP contribution < -0.4 is 4.90 Å². The first-order valence-electron chi connectivity index (χ1n) is 14.9. The van der Waals surface area contributed by atoms with E-state index in [9.17, 15) is 0 Å². The molecule has 0 spiro atoms. The second-order valence-electron chi connectivity index (χ2n) is 11.2. The van der Waals surface area contributed by atoms with Gasteiger partial charge in [-0.1, -0.05) is 115 Å². The molecule has 0 aliphatic rings. The van der Waals surface area contributed by atoms with Crippen molar-refractivity contribution in [1.82, 2.24) is 4.98 Å². The molecule has 0 aliphatic carbocycles. The van der Waals surface area contributed by atoms with Crippen LogP contribution in [0.2, 0.25) is 0 Å². The van der Waals surface area contributed by atoms with Crippen molar-refractivity contribution >= 4 is 80.9 Å². The Hall–Kier alpha value is -5.51. The molecule has 2 heterocycles. The molecule has 0 radical (unpaired) electrons. The molecule has 0 saturated heterocycles. The van der Waals surface area contributed by atoms with Crippen molar-refractivity contribution in [3.8, 4) is 11.1 Å². The highest BCUT2D eigenvalue weighted by molar-refractivity contribution is 7.26. The second-order valence-corrected chi connectivity index (χ2v) is 12.3. The number of benzene rings is 7. The molecule has 0 fully saturated rings. The minimum atomic E-state index is 1.09. The normalized spacial score (nSPS) is 11.6. The van der Waals surface area contributed by atoms with Gasteiger partial charge in [0.2, 0.25) is 0 Å². The first-order valence-corrected chi connectivity index (χ1v) is 15.7. The lowest BCUT2D eigenvalue weighted by Gasteiger charge is -2.26. The van der Waals surface area contributed by atoms with Gasteiger partial charge in [-0.25, -0.2) is 0 Å². The van der Waals surface area contributed by atoms with Crippen LogP contribution >= 0.6 is 11.3 Å². The average molecular weight is 579 g/mol. The molecule has 2 nitrogen and oxygen atoms in total. The number of thiophene rings is 1. The maximum Gasteiger partial charge on any atom is 0.0824 e. The molecule has 0 amide bonds. The SMILES string of the molecule is c1ccc(-c2ccc(N(c3ccc4c(ccc5c6ccccc6ccc45)c3)c3cncc4c3sc3ccccc34)cc2)cc1. The Kier molecular flexibility index (Phi) is 5.71. The van der Waals surface area contributed by atoms with Crippen molar-refractivity contribution in [3.05, 3.63) is 158 Å². The van der Waals surface area contributed by atoms with Gasteiger partial charge in [0, 0.05) is 33.0 Å². The zero-order chi connectivity index (χ0) is 29.0. The highest BCUT2D eigenvalue weighted by Gasteiger charge is 2.19. The van der Waals surface area contributed by atoms with E-state index in [0.29, 0.717) is 0 Å². The zero-order valence-corrected chi connectivity index (χ0v) is 24.6. The molecule has 3 heteroatoms. The number of pyridine rings is 1. The summed E-state index contributed by atoms with van der Waals surface area (Å²) < 4.78 is 2.51. The zero-order valence-electron chi connectivity index (χ0n) is 23.8. The molecule has 0 unspecified atom stereocenters. The van der Waals surface area contributed by atoms with Gasteiger partial charge in [0.1, 0.15) is 0 Å².